The summed E-state index contributed by atoms with van der Waals surface area (Å²) >= 11 is 0. The zero-order valence-corrected chi connectivity index (χ0v) is 26.6. The van der Waals surface area contributed by atoms with E-state index in [2.05, 4.69) is 0 Å². The number of carboxylic acid groups (broad SMARTS) is 1. The van der Waals surface area contributed by atoms with Gasteiger partial charge in [-0.05, 0) is 27.4 Å². The molecule has 0 radical (unpaired) electrons. The minimum Gasteiger partial charge on any atom is -0.478 e. The third-order valence-electron chi connectivity index (χ3n) is 6.94. The Balaban J connectivity index is 1.99. The number of hydrogen-bond donors (Lipinski definition) is 1. The van der Waals surface area contributed by atoms with Gasteiger partial charge in [-0.1, -0.05) is 119 Å². The van der Waals surface area contributed by atoms with Crippen molar-refractivity contribution in [3.05, 3.63) is 96.6 Å². The predicted octanol–water partition coefficient (Wildman–Crippen LogP) is 4.40. The van der Waals surface area contributed by atoms with Gasteiger partial charge in [-0.3, -0.25) is 9.59 Å². The summed E-state index contributed by atoms with van der Waals surface area (Å²) in [5, 5.41) is 10.8. The fourth-order valence-electron chi connectivity index (χ4n) is 4.86. The molecule has 9 nitrogen and oxygen atoms in total. The standard InChI is InChI=1S/C34H40O9Si/c1-5-21-40-30(35)22-28(32(37)38)42-31(36)23-29(33(39)41-24-25-15-9-6-10-16-25)43-44(34(2,3)4,26-17-11-7-12-18-26)27-19-13-8-14-20-27/h6-20,28-29H,5,21-24H2,1-4H3,(H,37,38)/t28-,29-/m0/s1. The second-order valence-electron chi connectivity index (χ2n) is 11.3. The highest BCUT2D eigenvalue weighted by Gasteiger charge is 2.53. The van der Waals surface area contributed by atoms with E-state index in [1.165, 1.54) is 0 Å². The van der Waals surface area contributed by atoms with Crippen molar-refractivity contribution >= 4 is 42.6 Å². The highest BCUT2D eigenvalue weighted by Crippen LogP contribution is 2.38. The molecule has 1 N–H and O–H groups in total. The molecule has 0 heterocycles. The molecule has 0 aromatic heterocycles. The van der Waals surface area contributed by atoms with E-state index in [1.807, 2.05) is 99.6 Å². The van der Waals surface area contributed by atoms with E-state index in [9.17, 15) is 24.3 Å². The predicted molar refractivity (Wildman–Crippen MR) is 167 cm³/mol. The number of hydrogen-bond acceptors (Lipinski definition) is 8. The van der Waals surface area contributed by atoms with Gasteiger partial charge in [0.15, 0.2) is 6.10 Å². The summed E-state index contributed by atoms with van der Waals surface area (Å²) in [5.41, 5.74) is 0.740. The Morgan fingerprint density at radius 2 is 1.23 bits per heavy atom. The van der Waals surface area contributed by atoms with Crippen LogP contribution in [0.25, 0.3) is 0 Å². The Labute approximate surface area is 259 Å². The first kappa shape index (κ1) is 34.2. The fourth-order valence-corrected chi connectivity index (χ4v) is 9.48. The fraction of sp³-hybridized carbons (Fsp3) is 0.353. The summed E-state index contributed by atoms with van der Waals surface area (Å²) in [6, 6.07) is 28.2. The molecular weight excluding hydrogens is 580 g/mol. The zero-order chi connectivity index (χ0) is 32.2. The second-order valence-corrected chi connectivity index (χ2v) is 15.6. The van der Waals surface area contributed by atoms with Crippen molar-refractivity contribution in [1.29, 1.82) is 0 Å². The van der Waals surface area contributed by atoms with Crippen molar-refractivity contribution in [2.24, 2.45) is 0 Å². The van der Waals surface area contributed by atoms with Gasteiger partial charge < -0.3 is 23.7 Å². The third-order valence-corrected chi connectivity index (χ3v) is 12.0. The molecule has 44 heavy (non-hydrogen) atoms. The van der Waals surface area contributed by atoms with Crippen LogP contribution in [0, 0.1) is 0 Å². The van der Waals surface area contributed by atoms with Gasteiger partial charge in [0.25, 0.3) is 8.32 Å². The van der Waals surface area contributed by atoms with Crippen LogP contribution >= 0.6 is 0 Å². The average Bonchev–Trinajstić information content (AvgIpc) is 3.01. The molecule has 0 fully saturated rings. The molecule has 3 aromatic rings. The van der Waals surface area contributed by atoms with E-state index in [0.29, 0.717) is 6.42 Å². The highest BCUT2D eigenvalue weighted by molar-refractivity contribution is 6.99. The SMILES string of the molecule is CCCOC(=O)C[C@H](OC(=O)C[C@H](O[Si](c1ccccc1)(c1ccccc1)C(C)(C)C)C(=O)OCc1ccccc1)C(=O)O. The maximum absolute atomic E-state index is 13.7. The third kappa shape index (κ3) is 9.11. The summed E-state index contributed by atoms with van der Waals surface area (Å²) in [6.07, 6.45) is -3.99. The summed E-state index contributed by atoms with van der Waals surface area (Å²) in [6.45, 7) is 7.91. The normalized spacial score (nSPS) is 12.9. The van der Waals surface area contributed by atoms with E-state index in [0.717, 1.165) is 15.9 Å². The number of carboxylic acids is 1. The van der Waals surface area contributed by atoms with Gasteiger partial charge in [0.1, 0.15) is 6.61 Å². The first-order valence-electron chi connectivity index (χ1n) is 14.5. The van der Waals surface area contributed by atoms with Crippen molar-refractivity contribution < 1.29 is 42.9 Å². The Bertz CT molecular complexity index is 1330. The molecule has 10 heteroatoms. The first-order chi connectivity index (χ1) is 21.0. The van der Waals surface area contributed by atoms with E-state index in [-0.39, 0.29) is 13.2 Å². The van der Waals surface area contributed by atoms with Crippen molar-refractivity contribution in [2.75, 3.05) is 6.61 Å². The second kappa shape index (κ2) is 16.0. The summed E-state index contributed by atoms with van der Waals surface area (Å²) in [7, 11) is -3.35. The molecule has 0 spiro atoms. The number of esters is 3. The molecule has 0 saturated heterocycles. The first-order valence-corrected chi connectivity index (χ1v) is 16.5. The summed E-state index contributed by atoms with van der Waals surface area (Å²) in [4.78, 5) is 50.9. The van der Waals surface area contributed by atoms with Crippen molar-refractivity contribution in [2.45, 2.75) is 70.8 Å². The Morgan fingerprint density at radius 3 is 1.70 bits per heavy atom. The quantitative estimate of drug-likeness (QED) is 0.149. The molecule has 234 valence electrons. The monoisotopic (exact) mass is 620 g/mol. The van der Waals surface area contributed by atoms with Crippen molar-refractivity contribution in [3.63, 3.8) is 0 Å². The Kier molecular flexibility index (Phi) is 12.4. The lowest BCUT2D eigenvalue weighted by Crippen LogP contribution is -2.68. The highest BCUT2D eigenvalue weighted by atomic mass is 28.4. The van der Waals surface area contributed by atoms with Gasteiger partial charge in [-0.2, -0.15) is 0 Å². The summed E-state index contributed by atoms with van der Waals surface area (Å²) < 4.78 is 22.7. The lowest BCUT2D eigenvalue weighted by atomic mass is 10.2. The number of rotatable bonds is 15. The molecule has 0 amide bonds. The molecule has 3 rings (SSSR count). The van der Waals surface area contributed by atoms with Gasteiger partial charge in [-0.25, -0.2) is 9.59 Å². The average molecular weight is 621 g/mol. The molecule has 0 bridgehead atoms. The molecule has 0 aliphatic carbocycles. The Hall–Kier alpha value is -4.28. The van der Waals surface area contributed by atoms with Gasteiger partial charge in [0, 0.05) is 0 Å². The van der Waals surface area contributed by atoms with E-state index >= 15 is 0 Å². The molecule has 0 unspecified atom stereocenters. The molecular formula is C34H40O9Si. The van der Waals surface area contributed by atoms with E-state index in [1.54, 1.807) is 19.1 Å². The molecule has 2 atom stereocenters. The van der Waals surface area contributed by atoms with Crippen molar-refractivity contribution in [1.82, 2.24) is 0 Å². The molecule has 0 saturated carbocycles. The maximum atomic E-state index is 13.7. The van der Waals surface area contributed by atoms with Gasteiger partial charge in [0.05, 0.1) is 19.4 Å². The minimum absolute atomic E-state index is 0.0592. The van der Waals surface area contributed by atoms with Gasteiger partial charge >= 0.3 is 23.9 Å². The largest absolute Gasteiger partial charge is 0.478 e. The summed E-state index contributed by atoms with van der Waals surface area (Å²) in [5.74, 6) is -4.15. The number of ether oxygens (including phenoxy) is 3. The van der Waals surface area contributed by atoms with Crippen LogP contribution in [0.1, 0.15) is 52.5 Å². The van der Waals surface area contributed by atoms with Crippen LogP contribution in [0.3, 0.4) is 0 Å². The van der Waals surface area contributed by atoms with Crippen LogP contribution in [-0.2, 0) is 44.4 Å². The van der Waals surface area contributed by atoms with Crippen LogP contribution < -0.4 is 10.4 Å². The lowest BCUT2D eigenvalue weighted by Gasteiger charge is -2.44. The molecule has 0 aliphatic heterocycles. The number of benzene rings is 3. The number of carbonyl (C=O) groups excluding carboxylic acids is 3. The van der Waals surface area contributed by atoms with Gasteiger partial charge in [-0.15, -0.1) is 0 Å². The van der Waals surface area contributed by atoms with E-state index in [4.69, 9.17) is 18.6 Å². The van der Waals surface area contributed by atoms with E-state index < -0.39 is 62.3 Å². The maximum Gasteiger partial charge on any atom is 0.345 e. The lowest BCUT2D eigenvalue weighted by molar-refractivity contribution is -0.171. The smallest absolute Gasteiger partial charge is 0.345 e. The minimum atomic E-state index is -3.35. The van der Waals surface area contributed by atoms with Gasteiger partial charge in [0.2, 0.25) is 6.10 Å². The van der Waals surface area contributed by atoms with Crippen molar-refractivity contribution in [3.8, 4) is 0 Å². The number of carbonyl (C=O) groups is 4. The van der Waals surface area contributed by atoms with Crippen LogP contribution in [0.5, 0.6) is 0 Å². The molecule has 3 aromatic carbocycles. The van der Waals surface area contributed by atoms with Crippen LogP contribution in [0.15, 0.2) is 91.0 Å². The Morgan fingerprint density at radius 1 is 0.727 bits per heavy atom. The van der Waals surface area contributed by atoms with Crippen LogP contribution in [0.2, 0.25) is 5.04 Å². The zero-order valence-electron chi connectivity index (χ0n) is 25.6. The van der Waals surface area contributed by atoms with Crippen LogP contribution in [0.4, 0.5) is 0 Å². The topological polar surface area (TPSA) is 125 Å². The number of aliphatic carboxylic acids is 1. The van der Waals surface area contributed by atoms with Crippen LogP contribution in [-0.4, -0.2) is 56.1 Å². The molecule has 0 aliphatic rings.